The van der Waals surface area contributed by atoms with Crippen molar-refractivity contribution < 1.29 is 24.5 Å². The molecule has 5 rings (SSSR count). The van der Waals surface area contributed by atoms with Gasteiger partial charge in [-0.25, -0.2) is 0 Å². The molecule has 0 radical (unpaired) electrons. The second kappa shape index (κ2) is 9.06. The molecule has 0 saturated heterocycles. The van der Waals surface area contributed by atoms with Crippen LogP contribution in [0.5, 0.6) is 23.0 Å². The molecule has 2 heterocycles. The Bertz CT molecular complexity index is 1380. The van der Waals surface area contributed by atoms with E-state index in [-0.39, 0.29) is 17.4 Å². The number of methoxy groups -OCH3 is 2. The topological polar surface area (TPSA) is 108 Å². The summed E-state index contributed by atoms with van der Waals surface area (Å²) in [7, 11) is 3.11. The zero-order valence-corrected chi connectivity index (χ0v) is 19.4. The second-order valence-corrected chi connectivity index (χ2v) is 8.31. The van der Waals surface area contributed by atoms with E-state index in [1.54, 1.807) is 48.4 Å². The Kier molecular flexibility index (Phi) is 5.78. The molecule has 0 unspecified atom stereocenters. The Hall–Kier alpha value is -4.46. The Labute approximate surface area is 202 Å². The smallest absolute Gasteiger partial charge is 0.273 e. The highest BCUT2D eigenvalue weighted by Crippen LogP contribution is 2.45. The van der Waals surface area contributed by atoms with E-state index in [1.807, 2.05) is 30.3 Å². The molecule has 1 atom stereocenters. The number of carbonyl (C=O) groups excluding carboxylic acids is 1. The minimum Gasteiger partial charge on any atom is -0.507 e. The number of ether oxygens (including phenoxy) is 2. The van der Waals surface area contributed by atoms with Gasteiger partial charge in [-0.3, -0.25) is 9.89 Å². The third-order valence-electron chi connectivity index (χ3n) is 6.34. The standard InChI is InChI=1S/C27H25N3O5/c1-34-18-10-7-16(8-11-18)13-14-30-26(17-9-12-21(32)22(15-17)35-2)23-24(28-29-25(23)27(30)33)19-5-3-4-6-20(19)31/h3-12,15,26,31-32H,13-14H2,1-2H3,(H,28,29)/t26-/m1/s1. The minimum absolute atomic E-state index is 0.0127. The van der Waals surface area contributed by atoms with E-state index in [0.29, 0.717) is 41.2 Å². The van der Waals surface area contributed by atoms with Gasteiger partial charge >= 0.3 is 0 Å². The van der Waals surface area contributed by atoms with E-state index in [0.717, 1.165) is 16.9 Å². The average Bonchev–Trinajstić information content (AvgIpc) is 3.42. The average molecular weight is 472 g/mol. The number of hydrogen-bond donors (Lipinski definition) is 3. The Morgan fingerprint density at radius 3 is 2.46 bits per heavy atom. The lowest BCUT2D eigenvalue weighted by molar-refractivity contribution is 0.0745. The van der Waals surface area contributed by atoms with Crippen LogP contribution in [-0.2, 0) is 6.42 Å². The molecule has 3 N–H and O–H groups in total. The molecule has 4 aromatic rings. The number of benzene rings is 3. The van der Waals surface area contributed by atoms with Crippen molar-refractivity contribution in [3.8, 4) is 34.3 Å². The van der Waals surface area contributed by atoms with Crippen LogP contribution >= 0.6 is 0 Å². The van der Waals surface area contributed by atoms with Crippen LogP contribution in [0.2, 0.25) is 0 Å². The maximum absolute atomic E-state index is 13.5. The van der Waals surface area contributed by atoms with Crippen molar-refractivity contribution in [2.75, 3.05) is 20.8 Å². The summed E-state index contributed by atoms with van der Waals surface area (Å²) in [5.74, 6) is 0.992. The van der Waals surface area contributed by atoms with Crippen LogP contribution in [-0.4, -0.2) is 52.0 Å². The summed E-state index contributed by atoms with van der Waals surface area (Å²) >= 11 is 0. The molecule has 8 nitrogen and oxygen atoms in total. The lowest BCUT2D eigenvalue weighted by atomic mass is 9.95. The van der Waals surface area contributed by atoms with Crippen molar-refractivity contribution >= 4 is 5.91 Å². The van der Waals surface area contributed by atoms with Gasteiger partial charge in [0.1, 0.15) is 22.9 Å². The molecule has 178 valence electrons. The molecule has 1 aliphatic rings. The first kappa shape index (κ1) is 22.3. The summed E-state index contributed by atoms with van der Waals surface area (Å²) in [5, 5.41) is 27.9. The lowest BCUT2D eigenvalue weighted by Gasteiger charge is -2.27. The number of phenols is 2. The van der Waals surface area contributed by atoms with E-state index in [9.17, 15) is 15.0 Å². The van der Waals surface area contributed by atoms with Crippen LogP contribution in [0.25, 0.3) is 11.3 Å². The summed E-state index contributed by atoms with van der Waals surface area (Å²) in [6.45, 7) is 0.446. The van der Waals surface area contributed by atoms with Crippen molar-refractivity contribution in [3.05, 3.63) is 89.1 Å². The van der Waals surface area contributed by atoms with E-state index in [2.05, 4.69) is 10.2 Å². The van der Waals surface area contributed by atoms with Gasteiger partial charge in [-0.15, -0.1) is 0 Å². The van der Waals surface area contributed by atoms with Crippen molar-refractivity contribution in [2.24, 2.45) is 0 Å². The van der Waals surface area contributed by atoms with Crippen LogP contribution < -0.4 is 9.47 Å². The van der Waals surface area contributed by atoms with Gasteiger partial charge in [0.25, 0.3) is 5.91 Å². The number of phenolic OH excluding ortho intramolecular Hbond substituents is 2. The fourth-order valence-electron chi connectivity index (χ4n) is 4.56. The van der Waals surface area contributed by atoms with Crippen molar-refractivity contribution in [3.63, 3.8) is 0 Å². The van der Waals surface area contributed by atoms with Gasteiger partial charge in [0, 0.05) is 17.7 Å². The first-order valence-electron chi connectivity index (χ1n) is 11.2. The lowest BCUT2D eigenvalue weighted by Crippen LogP contribution is -2.31. The fourth-order valence-corrected chi connectivity index (χ4v) is 4.56. The number of H-pyrrole nitrogens is 1. The monoisotopic (exact) mass is 471 g/mol. The van der Waals surface area contributed by atoms with Gasteiger partial charge in [0.2, 0.25) is 0 Å². The number of fused-ring (bicyclic) bond motifs is 1. The molecule has 35 heavy (non-hydrogen) atoms. The Morgan fingerprint density at radius 2 is 1.74 bits per heavy atom. The maximum atomic E-state index is 13.5. The van der Waals surface area contributed by atoms with Gasteiger partial charge < -0.3 is 24.6 Å². The van der Waals surface area contributed by atoms with Crippen molar-refractivity contribution in [1.82, 2.24) is 15.1 Å². The van der Waals surface area contributed by atoms with Gasteiger partial charge in [0.05, 0.1) is 20.3 Å². The number of rotatable bonds is 7. The minimum atomic E-state index is -0.487. The predicted octanol–water partition coefficient (Wildman–Crippen LogP) is 4.29. The Morgan fingerprint density at radius 1 is 0.971 bits per heavy atom. The first-order valence-corrected chi connectivity index (χ1v) is 11.2. The SMILES string of the molecule is COc1ccc(CCN2C(=O)c3[nH]nc(-c4ccccc4O)c3[C@H]2c2ccc(O)c(OC)c2)cc1. The van der Waals surface area contributed by atoms with Gasteiger partial charge in [-0.1, -0.05) is 30.3 Å². The molecule has 1 aromatic heterocycles. The summed E-state index contributed by atoms with van der Waals surface area (Å²) in [6.07, 6.45) is 0.630. The van der Waals surface area contributed by atoms with E-state index >= 15 is 0 Å². The molecular formula is C27H25N3O5. The molecule has 0 aliphatic carbocycles. The number of carbonyl (C=O) groups is 1. The number of hydrogen-bond acceptors (Lipinski definition) is 6. The highest BCUT2D eigenvalue weighted by Gasteiger charge is 2.42. The number of aromatic nitrogens is 2. The molecule has 1 amide bonds. The number of amides is 1. The van der Waals surface area contributed by atoms with E-state index < -0.39 is 6.04 Å². The third-order valence-corrected chi connectivity index (χ3v) is 6.34. The molecule has 1 aliphatic heterocycles. The largest absolute Gasteiger partial charge is 0.507 e. The zero-order chi connectivity index (χ0) is 24.5. The van der Waals surface area contributed by atoms with Crippen LogP contribution in [0.3, 0.4) is 0 Å². The van der Waals surface area contributed by atoms with Gasteiger partial charge in [-0.05, 0) is 53.9 Å². The number of aromatic hydroxyl groups is 2. The predicted molar refractivity (Wildman–Crippen MR) is 130 cm³/mol. The normalized spacial score (nSPS) is 14.7. The van der Waals surface area contributed by atoms with Crippen molar-refractivity contribution in [2.45, 2.75) is 12.5 Å². The third kappa shape index (κ3) is 3.93. The molecule has 0 spiro atoms. The number of nitrogens with one attached hydrogen (secondary N) is 1. The summed E-state index contributed by atoms with van der Waals surface area (Å²) < 4.78 is 10.6. The molecule has 0 fully saturated rings. The zero-order valence-electron chi connectivity index (χ0n) is 19.4. The number of aromatic amines is 1. The Balaban J connectivity index is 1.58. The fraction of sp³-hybridized carbons (Fsp3) is 0.185. The van der Waals surface area contributed by atoms with Crippen molar-refractivity contribution in [1.29, 1.82) is 0 Å². The van der Waals surface area contributed by atoms with Gasteiger partial charge in [0.15, 0.2) is 11.5 Å². The number of para-hydroxylation sites is 1. The molecule has 3 aromatic carbocycles. The quantitative estimate of drug-likeness (QED) is 0.371. The highest BCUT2D eigenvalue weighted by atomic mass is 16.5. The second-order valence-electron chi connectivity index (χ2n) is 8.31. The van der Waals surface area contributed by atoms with Crippen LogP contribution in [0.1, 0.15) is 33.2 Å². The molecule has 0 saturated carbocycles. The van der Waals surface area contributed by atoms with E-state index in [4.69, 9.17) is 9.47 Å². The molecule has 8 heteroatoms. The van der Waals surface area contributed by atoms with Gasteiger partial charge in [-0.2, -0.15) is 5.10 Å². The highest BCUT2D eigenvalue weighted by molar-refractivity contribution is 6.00. The van der Waals surface area contributed by atoms with E-state index in [1.165, 1.54) is 7.11 Å². The first-order chi connectivity index (χ1) is 17.0. The maximum Gasteiger partial charge on any atom is 0.273 e. The van der Waals surface area contributed by atoms with Crippen LogP contribution in [0.4, 0.5) is 0 Å². The summed E-state index contributed by atoms with van der Waals surface area (Å²) in [6, 6.07) is 19.2. The molecule has 0 bridgehead atoms. The molecular weight excluding hydrogens is 446 g/mol. The number of nitrogens with zero attached hydrogens (tertiary/aromatic N) is 2. The van der Waals surface area contributed by atoms with Crippen LogP contribution in [0.15, 0.2) is 66.7 Å². The van der Waals surface area contributed by atoms with Crippen LogP contribution in [0, 0.1) is 0 Å². The summed E-state index contributed by atoms with van der Waals surface area (Å²) in [5.41, 5.74) is 3.93. The summed E-state index contributed by atoms with van der Waals surface area (Å²) in [4.78, 5) is 15.3.